The molecule has 1 unspecified atom stereocenters. The summed E-state index contributed by atoms with van der Waals surface area (Å²) in [5.41, 5.74) is 9.83. The molecule has 1 aromatic carbocycles. The van der Waals surface area contributed by atoms with Crippen molar-refractivity contribution in [3.05, 3.63) is 58.0 Å². The van der Waals surface area contributed by atoms with E-state index in [1.807, 2.05) is 6.07 Å². The molecule has 0 spiro atoms. The Labute approximate surface area is 169 Å². The van der Waals surface area contributed by atoms with Crippen LogP contribution in [0.2, 0.25) is 0 Å². The molecule has 0 saturated carbocycles. The lowest BCUT2D eigenvalue weighted by Gasteiger charge is -2.23. The van der Waals surface area contributed by atoms with Crippen LogP contribution >= 0.6 is 11.3 Å². The smallest absolute Gasteiger partial charge is 0.280 e. The Balaban J connectivity index is 1.40. The zero-order chi connectivity index (χ0) is 19.5. The third-order valence-electron chi connectivity index (χ3n) is 5.61. The summed E-state index contributed by atoms with van der Waals surface area (Å²) < 4.78 is 0. The minimum atomic E-state index is -0.435. The molecule has 6 heteroatoms. The van der Waals surface area contributed by atoms with Crippen LogP contribution in [0.15, 0.2) is 36.4 Å². The van der Waals surface area contributed by atoms with Gasteiger partial charge in [-0.05, 0) is 48.5 Å². The number of benzene rings is 1. The number of carbonyl (C=O) groups excluding carboxylic acids is 2. The molecule has 0 bridgehead atoms. The van der Waals surface area contributed by atoms with E-state index in [9.17, 15) is 9.59 Å². The molecule has 28 heavy (non-hydrogen) atoms. The third kappa shape index (κ3) is 4.03. The molecular formula is C22H26N3O2S+. The molecule has 5 nitrogen and oxygen atoms in total. The van der Waals surface area contributed by atoms with Crippen molar-refractivity contribution in [2.45, 2.75) is 32.1 Å². The number of rotatable bonds is 5. The quantitative estimate of drug-likeness (QED) is 0.723. The second-order valence-electron chi connectivity index (χ2n) is 7.55. The molecule has 4 rings (SSSR count). The summed E-state index contributed by atoms with van der Waals surface area (Å²) in [6.45, 7) is 2.17. The molecule has 1 aliphatic carbocycles. The average Bonchev–Trinajstić information content (AvgIpc) is 3.07. The first-order chi connectivity index (χ1) is 13.6. The largest absolute Gasteiger partial charge is 0.365 e. The van der Waals surface area contributed by atoms with Crippen LogP contribution in [0.3, 0.4) is 0 Å². The molecule has 146 valence electrons. The summed E-state index contributed by atoms with van der Waals surface area (Å²) in [6.07, 6.45) is 7.26. The number of hydrogen-bond acceptors (Lipinski definition) is 3. The number of aryl methyl sites for hydroxylation is 1. The fourth-order valence-electron chi connectivity index (χ4n) is 4.17. The highest BCUT2D eigenvalue weighted by atomic mass is 32.1. The molecule has 2 aliphatic rings. The molecule has 2 heterocycles. The predicted octanol–water partition coefficient (Wildman–Crippen LogP) is 2.04. The molecule has 1 atom stereocenters. The number of carbonyl (C=O) groups is 2. The Morgan fingerprint density at radius 1 is 1.11 bits per heavy atom. The summed E-state index contributed by atoms with van der Waals surface area (Å²) in [5, 5.41) is 3.62. The van der Waals surface area contributed by atoms with Crippen LogP contribution in [-0.2, 0) is 17.6 Å². The molecule has 2 amide bonds. The SMILES string of the molecule is NC(=O)c1c(NC(=O)C[NH+]2CC=C(c3ccccc3)CC2)sc2c1CCCC2. The lowest BCUT2D eigenvalue weighted by molar-refractivity contribution is -0.886. The second kappa shape index (κ2) is 8.29. The number of quaternary nitrogens is 1. The molecule has 0 radical (unpaired) electrons. The number of nitrogens with two attached hydrogens (primary N) is 1. The Kier molecular flexibility index (Phi) is 5.59. The van der Waals surface area contributed by atoms with Gasteiger partial charge in [0.2, 0.25) is 0 Å². The zero-order valence-corrected chi connectivity index (χ0v) is 16.7. The Morgan fingerprint density at radius 3 is 2.61 bits per heavy atom. The number of primary amides is 1. The van der Waals surface area contributed by atoms with Gasteiger partial charge in [0.15, 0.2) is 6.54 Å². The van der Waals surface area contributed by atoms with E-state index in [2.05, 4.69) is 35.7 Å². The van der Waals surface area contributed by atoms with Crippen LogP contribution in [0.5, 0.6) is 0 Å². The van der Waals surface area contributed by atoms with Crippen LogP contribution < -0.4 is 16.0 Å². The van der Waals surface area contributed by atoms with Crippen molar-refractivity contribution in [1.29, 1.82) is 0 Å². The maximum Gasteiger partial charge on any atom is 0.280 e. The van der Waals surface area contributed by atoms with E-state index >= 15 is 0 Å². The van der Waals surface area contributed by atoms with E-state index in [-0.39, 0.29) is 5.91 Å². The molecular weight excluding hydrogens is 370 g/mol. The van der Waals surface area contributed by atoms with Gasteiger partial charge >= 0.3 is 0 Å². The van der Waals surface area contributed by atoms with Crippen LogP contribution in [-0.4, -0.2) is 31.4 Å². The van der Waals surface area contributed by atoms with Crippen LogP contribution in [0.25, 0.3) is 5.57 Å². The highest BCUT2D eigenvalue weighted by Crippen LogP contribution is 2.37. The maximum absolute atomic E-state index is 12.6. The van der Waals surface area contributed by atoms with Crippen molar-refractivity contribution < 1.29 is 14.5 Å². The molecule has 1 aromatic heterocycles. The zero-order valence-electron chi connectivity index (χ0n) is 15.9. The molecule has 2 aromatic rings. The van der Waals surface area contributed by atoms with Gasteiger partial charge in [0.05, 0.1) is 18.7 Å². The van der Waals surface area contributed by atoms with Crippen molar-refractivity contribution in [2.75, 3.05) is 25.0 Å². The summed E-state index contributed by atoms with van der Waals surface area (Å²) >= 11 is 1.52. The van der Waals surface area contributed by atoms with Gasteiger partial charge in [-0.2, -0.15) is 0 Å². The number of hydrogen-bond donors (Lipinski definition) is 3. The minimum absolute atomic E-state index is 0.0485. The number of fused-ring (bicyclic) bond motifs is 1. The van der Waals surface area contributed by atoms with Gasteiger partial charge in [0, 0.05) is 11.3 Å². The van der Waals surface area contributed by atoms with E-state index in [4.69, 9.17) is 5.73 Å². The van der Waals surface area contributed by atoms with E-state index in [1.165, 1.54) is 32.3 Å². The molecule has 1 aliphatic heterocycles. The van der Waals surface area contributed by atoms with Gasteiger partial charge < -0.3 is 16.0 Å². The van der Waals surface area contributed by atoms with Crippen molar-refractivity contribution >= 4 is 33.7 Å². The highest BCUT2D eigenvalue weighted by Gasteiger charge is 2.26. The number of nitrogens with one attached hydrogen (secondary N) is 2. The van der Waals surface area contributed by atoms with E-state index in [0.29, 0.717) is 17.1 Å². The van der Waals surface area contributed by atoms with Gasteiger partial charge in [-0.25, -0.2) is 0 Å². The van der Waals surface area contributed by atoms with E-state index in [1.54, 1.807) is 0 Å². The predicted molar refractivity (Wildman–Crippen MR) is 113 cm³/mol. The summed E-state index contributed by atoms with van der Waals surface area (Å²) in [5.74, 6) is -0.483. The van der Waals surface area contributed by atoms with Crippen molar-refractivity contribution in [3.63, 3.8) is 0 Å². The van der Waals surface area contributed by atoms with E-state index < -0.39 is 5.91 Å². The highest BCUT2D eigenvalue weighted by molar-refractivity contribution is 7.17. The lowest BCUT2D eigenvalue weighted by atomic mass is 9.95. The Bertz CT molecular complexity index is 917. The van der Waals surface area contributed by atoms with Gasteiger partial charge in [-0.1, -0.05) is 30.3 Å². The van der Waals surface area contributed by atoms with Crippen LogP contribution in [0, 0.1) is 0 Å². The normalized spacial score (nSPS) is 18.9. The lowest BCUT2D eigenvalue weighted by Crippen LogP contribution is -3.13. The first-order valence-corrected chi connectivity index (χ1v) is 10.8. The number of amides is 2. The van der Waals surface area contributed by atoms with Crippen molar-refractivity contribution in [3.8, 4) is 0 Å². The maximum atomic E-state index is 12.6. The van der Waals surface area contributed by atoms with Crippen LogP contribution in [0.4, 0.5) is 5.00 Å². The van der Waals surface area contributed by atoms with Gasteiger partial charge in [0.25, 0.3) is 11.8 Å². The molecule has 0 fully saturated rings. The third-order valence-corrected chi connectivity index (χ3v) is 6.82. The summed E-state index contributed by atoms with van der Waals surface area (Å²) in [7, 11) is 0. The second-order valence-corrected chi connectivity index (χ2v) is 8.66. The minimum Gasteiger partial charge on any atom is -0.365 e. The summed E-state index contributed by atoms with van der Waals surface area (Å²) in [4.78, 5) is 27.0. The summed E-state index contributed by atoms with van der Waals surface area (Å²) in [6, 6.07) is 10.4. The van der Waals surface area contributed by atoms with Gasteiger partial charge in [0.1, 0.15) is 5.00 Å². The monoisotopic (exact) mass is 396 g/mol. The number of anilines is 1. The van der Waals surface area contributed by atoms with E-state index in [0.717, 1.165) is 50.8 Å². The van der Waals surface area contributed by atoms with Crippen LogP contribution in [0.1, 0.15) is 45.6 Å². The fraction of sp³-hybridized carbons (Fsp3) is 0.364. The molecule has 4 N–H and O–H groups in total. The van der Waals surface area contributed by atoms with Gasteiger partial charge in [-0.15, -0.1) is 11.3 Å². The standard InChI is InChI=1S/C22H25N3O2S/c23-21(27)20-17-8-4-5-9-18(17)28-22(20)24-19(26)14-25-12-10-16(11-13-25)15-6-2-1-3-7-15/h1-3,6-7,10H,4-5,8-9,11-14H2,(H2,23,27)(H,24,26)/p+1. The van der Waals surface area contributed by atoms with Crippen molar-refractivity contribution in [1.82, 2.24) is 0 Å². The topological polar surface area (TPSA) is 76.6 Å². The Morgan fingerprint density at radius 2 is 1.89 bits per heavy atom. The Hall–Kier alpha value is -2.44. The molecule has 0 saturated heterocycles. The fourth-order valence-corrected chi connectivity index (χ4v) is 5.48. The first-order valence-electron chi connectivity index (χ1n) is 9.94. The van der Waals surface area contributed by atoms with Gasteiger partial charge in [-0.3, -0.25) is 9.59 Å². The number of thiophene rings is 1. The van der Waals surface area contributed by atoms with Crippen molar-refractivity contribution in [2.24, 2.45) is 5.73 Å². The average molecular weight is 397 g/mol. The first kappa shape index (κ1) is 18.9.